The van der Waals surface area contributed by atoms with Crippen LogP contribution in [-0.2, 0) is 0 Å². The van der Waals surface area contributed by atoms with E-state index in [4.69, 9.17) is 5.11 Å². The van der Waals surface area contributed by atoms with E-state index in [9.17, 15) is 14.9 Å². The summed E-state index contributed by atoms with van der Waals surface area (Å²) in [6, 6.07) is 4.20. The van der Waals surface area contributed by atoms with Crippen LogP contribution in [-0.4, -0.2) is 53.9 Å². The zero-order valence-corrected chi connectivity index (χ0v) is 11.9. The summed E-state index contributed by atoms with van der Waals surface area (Å²) in [6.07, 6.45) is 0. The first-order valence-corrected chi connectivity index (χ1v) is 6.64. The number of nitro groups is 1. The van der Waals surface area contributed by atoms with E-state index in [2.05, 4.69) is 21.1 Å². The number of quaternary nitrogens is 1. The van der Waals surface area contributed by atoms with Crippen LogP contribution in [0, 0.1) is 10.1 Å². The summed E-state index contributed by atoms with van der Waals surface area (Å²) in [7, 11) is 6.21. The maximum absolute atomic E-state index is 11.0. The van der Waals surface area contributed by atoms with Crippen LogP contribution in [0.2, 0.25) is 0 Å². The van der Waals surface area contributed by atoms with E-state index in [1.807, 2.05) is 0 Å². The molecule has 1 aromatic carbocycles. The second kappa shape index (κ2) is 6.03. The Hall–Kier alpha value is -1.60. The minimum atomic E-state index is -1.28. The smallest absolute Gasteiger partial charge is 0.342 e. The Kier molecular flexibility index (Phi) is 4.90. The maximum atomic E-state index is 11.0. The molecule has 0 aliphatic rings. The summed E-state index contributed by atoms with van der Waals surface area (Å²) in [5, 5.41) is 19.7. The normalized spacial score (nSPS) is 11.3. The van der Waals surface area contributed by atoms with Gasteiger partial charge in [-0.3, -0.25) is 10.1 Å². The number of carboxylic acids is 1. The van der Waals surface area contributed by atoms with Crippen molar-refractivity contribution in [2.24, 2.45) is 0 Å². The number of benzene rings is 1. The third kappa shape index (κ3) is 4.88. The van der Waals surface area contributed by atoms with E-state index in [1.54, 1.807) is 6.07 Å². The average molecular weight is 285 g/mol. The lowest BCUT2D eigenvalue weighted by atomic mass is 10.2. The van der Waals surface area contributed by atoms with Crippen LogP contribution in [0.3, 0.4) is 0 Å². The fourth-order valence-corrected chi connectivity index (χ4v) is 2.61. The average Bonchev–Trinajstić information content (AvgIpc) is 2.26. The molecular weight excluding hydrogens is 268 g/mol. The van der Waals surface area contributed by atoms with Crippen LogP contribution in [0.1, 0.15) is 10.4 Å². The Balaban J connectivity index is 2.85. The maximum Gasteiger partial charge on any atom is 0.342 e. The van der Waals surface area contributed by atoms with Gasteiger partial charge in [0, 0.05) is 16.7 Å². The predicted molar refractivity (Wildman–Crippen MR) is 73.7 cm³/mol. The Bertz CT molecular complexity index is 497. The number of carboxylic acid groups (broad SMARTS) is 1. The van der Waals surface area contributed by atoms with Gasteiger partial charge in [-0.25, -0.2) is 4.79 Å². The molecule has 0 spiro atoms. The highest BCUT2D eigenvalue weighted by atomic mass is 32.2. The molecule has 0 aromatic heterocycles. The molecule has 1 N–H and O–H groups in total. The molecule has 0 saturated carbocycles. The number of rotatable bonds is 6. The van der Waals surface area contributed by atoms with Crippen molar-refractivity contribution in [2.45, 2.75) is 4.90 Å². The number of aromatic carboxylic acids is 1. The molecule has 19 heavy (non-hydrogen) atoms. The molecule has 0 saturated heterocycles. The van der Waals surface area contributed by atoms with Crippen LogP contribution >= 0.6 is 11.8 Å². The minimum absolute atomic E-state index is 0.264. The van der Waals surface area contributed by atoms with Gasteiger partial charge >= 0.3 is 5.97 Å². The minimum Gasteiger partial charge on any atom is -0.477 e. The summed E-state index contributed by atoms with van der Waals surface area (Å²) in [4.78, 5) is 21.8. The summed E-state index contributed by atoms with van der Waals surface area (Å²) in [5.41, 5.74) is -0.635. The lowest BCUT2D eigenvalue weighted by molar-refractivity contribution is -0.867. The van der Waals surface area contributed by atoms with E-state index in [-0.39, 0.29) is 11.3 Å². The molecule has 0 radical (unpaired) electrons. The fourth-order valence-electron chi connectivity index (χ4n) is 1.37. The highest BCUT2D eigenvalue weighted by molar-refractivity contribution is 7.99. The fraction of sp³-hybridized carbons (Fsp3) is 0.417. The highest BCUT2D eigenvalue weighted by Gasteiger charge is 2.20. The van der Waals surface area contributed by atoms with E-state index < -0.39 is 10.9 Å². The highest BCUT2D eigenvalue weighted by Crippen LogP contribution is 2.26. The Morgan fingerprint density at radius 3 is 2.53 bits per heavy atom. The number of thioether (sulfide) groups is 1. The van der Waals surface area contributed by atoms with Gasteiger partial charge in [0.1, 0.15) is 5.56 Å². The number of nitrogens with zero attached hydrogens (tertiary/aromatic N) is 2. The van der Waals surface area contributed by atoms with Gasteiger partial charge in [0.15, 0.2) is 0 Å². The molecule has 0 bridgehead atoms. The van der Waals surface area contributed by atoms with Crippen molar-refractivity contribution < 1.29 is 19.3 Å². The van der Waals surface area contributed by atoms with Crippen molar-refractivity contribution in [2.75, 3.05) is 33.4 Å². The number of carbonyl (C=O) groups is 1. The molecule has 0 heterocycles. The van der Waals surface area contributed by atoms with Crippen LogP contribution in [0.15, 0.2) is 23.1 Å². The van der Waals surface area contributed by atoms with Crippen molar-refractivity contribution in [1.29, 1.82) is 0 Å². The Morgan fingerprint density at radius 2 is 2.05 bits per heavy atom. The molecule has 104 valence electrons. The topological polar surface area (TPSA) is 80.4 Å². The van der Waals surface area contributed by atoms with E-state index in [1.165, 1.54) is 23.9 Å². The zero-order chi connectivity index (χ0) is 14.6. The SMILES string of the molecule is C[N+](C)(C)CCSc1ccc([N+](=O)[O-])c(C(=O)O)c1. The molecule has 0 amide bonds. The number of hydrogen-bond donors (Lipinski definition) is 1. The van der Waals surface area contributed by atoms with Gasteiger partial charge in [0.2, 0.25) is 0 Å². The van der Waals surface area contributed by atoms with Gasteiger partial charge in [-0.1, -0.05) is 0 Å². The van der Waals surface area contributed by atoms with Crippen molar-refractivity contribution >= 4 is 23.4 Å². The third-order valence-corrected chi connectivity index (χ3v) is 3.40. The third-order valence-electron chi connectivity index (χ3n) is 2.43. The first-order chi connectivity index (χ1) is 8.70. The van der Waals surface area contributed by atoms with E-state index >= 15 is 0 Å². The summed E-state index contributed by atoms with van der Waals surface area (Å²) < 4.78 is 0.811. The van der Waals surface area contributed by atoms with E-state index in [0.717, 1.165) is 21.7 Å². The molecule has 0 aliphatic carbocycles. The molecule has 6 nitrogen and oxygen atoms in total. The van der Waals surface area contributed by atoms with Gasteiger partial charge in [-0.2, -0.15) is 0 Å². The molecule has 1 aromatic rings. The number of hydrogen-bond acceptors (Lipinski definition) is 4. The molecule has 0 unspecified atom stereocenters. The first-order valence-electron chi connectivity index (χ1n) is 5.66. The molecule has 1 rings (SSSR count). The van der Waals surface area contributed by atoms with Gasteiger partial charge in [-0.15, -0.1) is 11.8 Å². The second-order valence-corrected chi connectivity index (χ2v) is 6.27. The molecule has 7 heteroatoms. The summed E-state index contributed by atoms with van der Waals surface area (Å²) in [6.45, 7) is 0.921. The van der Waals surface area contributed by atoms with Gasteiger partial charge in [0.25, 0.3) is 5.69 Å². The second-order valence-electron chi connectivity index (χ2n) is 5.10. The van der Waals surface area contributed by atoms with Gasteiger partial charge in [0.05, 0.1) is 32.6 Å². The van der Waals surface area contributed by atoms with Gasteiger partial charge < -0.3 is 9.59 Å². The predicted octanol–water partition coefficient (Wildman–Crippen LogP) is 2.09. The lowest BCUT2D eigenvalue weighted by Gasteiger charge is -2.23. The standard InChI is InChI=1S/C12H16N2O4S/c1-14(2,3)6-7-19-9-4-5-11(13(17)18)10(8-9)12(15)16/h4-5,8H,6-7H2,1-3H3/p+1. The van der Waals surface area contributed by atoms with Crippen LogP contribution in [0.25, 0.3) is 0 Å². The Morgan fingerprint density at radius 1 is 1.42 bits per heavy atom. The zero-order valence-electron chi connectivity index (χ0n) is 11.1. The van der Waals surface area contributed by atoms with Crippen LogP contribution < -0.4 is 0 Å². The Labute approximate surface area is 115 Å². The monoisotopic (exact) mass is 285 g/mol. The van der Waals surface area contributed by atoms with E-state index in [0.29, 0.717) is 0 Å². The number of nitro benzene ring substituents is 1. The van der Waals surface area contributed by atoms with Gasteiger partial charge in [-0.05, 0) is 12.1 Å². The summed E-state index contributed by atoms with van der Waals surface area (Å²) in [5.74, 6) is -0.457. The largest absolute Gasteiger partial charge is 0.477 e. The van der Waals surface area contributed by atoms with Crippen molar-refractivity contribution in [3.63, 3.8) is 0 Å². The van der Waals surface area contributed by atoms with Crippen LogP contribution in [0.4, 0.5) is 5.69 Å². The quantitative estimate of drug-likeness (QED) is 0.374. The first kappa shape index (κ1) is 15.5. The molecule has 0 aliphatic heterocycles. The van der Waals surface area contributed by atoms with Crippen molar-refractivity contribution in [3.05, 3.63) is 33.9 Å². The van der Waals surface area contributed by atoms with Crippen molar-refractivity contribution in [1.82, 2.24) is 0 Å². The lowest BCUT2D eigenvalue weighted by Crippen LogP contribution is -2.36. The van der Waals surface area contributed by atoms with Crippen molar-refractivity contribution in [3.8, 4) is 0 Å². The molecule has 0 fully saturated rings. The summed E-state index contributed by atoms with van der Waals surface area (Å²) >= 11 is 1.50. The molecular formula is C12H17N2O4S+. The molecule has 0 atom stereocenters. The van der Waals surface area contributed by atoms with Crippen LogP contribution in [0.5, 0.6) is 0 Å².